The average molecular weight is 311 g/mol. The van der Waals surface area contributed by atoms with E-state index in [-0.39, 0.29) is 18.3 Å². The van der Waals surface area contributed by atoms with Gasteiger partial charge >= 0.3 is 0 Å². The van der Waals surface area contributed by atoms with E-state index in [1.54, 1.807) is 0 Å². The van der Waals surface area contributed by atoms with Gasteiger partial charge in [0.2, 0.25) is 5.91 Å². The van der Waals surface area contributed by atoms with E-state index in [4.69, 9.17) is 5.73 Å². The van der Waals surface area contributed by atoms with Crippen LogP contribution >= 0.6 is 12.4 Å². The number of hydrogen-bond donors (Lipinski definition) is 2. The van der Waals surface area contributed by atoms with Crippen LogP contribution in [0.2, 0.25) is 0 Å². The number of hydrogen-bond acceptors (Lipinski definition) is 2. The Balaban J connectivity index is 0.00000220. The minimum absolute atomic E-state index is 0. The molecule has 0 spiro atoms. The predicted molar refractivity (Wildman–Crippen MR) is 89.5 cm³/mol. The standard InChI is InChI=1S/C17H26N2O.ClH/c1-17(2)10-8-14(9-11-17)19-16(20)15(18)12-13-6-4-3-5-7-13;/h3-7,14-15H,8-12,18H2,1-2H3,(H,19,20);1H. The van der Waals surface area contributed by atoms with Crippen molar-refractivity contribution < 1.29 is 4.79 Å². The molecule has 1 aliphatic rings. The summed E-state index contributed by atoms with van der Waals surface area (Å²) in [7, 11) is 0. The molecule has 1 aromatic carbocycles. The van der Waals surface area contributed by atoms with Crippen LogP contribution in [-0.4, -0.2) is 18.0 Å². The number of rotatable bonds is 4. The molecule has 3 N–H and O–H groups in total. The van der Waals surface area contributed by atoms with Gasteiger partial charge in [0.1, 0.15) is 0 Å². The lowest BCUT2D eigenvalue weighted by molar-refractivity contribution is -0.123. The maximum Gasteiger partial charge on any atom is 0.237 e. The highest BCUT2D eigenvalue weighted by atomic mass is 35.5. The van der Waals surface area contributed by atoms with E-state index in [2.05, 4.69) is 19.2 Å². The molecule has 1 aromatic rings. The normalized spacial score (nSPS) is 19.4. The minimum Gasteiger partial charge on any atom is -0.352 e. The molecular formula is C17H27ClN2O. The third-order valence-electron chi connectivity index (χ3n) is 4.32. The van der Waals surface area contributed by atoms with E-state index in [1.165, 1.54) is 12.8 Å². The molecule has 1 atom stereocenters. The Bertz CT molecular complexity index is 437. The van der Waals surface area contributed by atoms with Gasteiger partial charge in [-0.2, -0.15) is 0 Å². The predicted octanol–water partition coefficient (Wildman–Crippen LogP) is 3.06. The molecule has 0 heterocycles. The number of carbonyl (C=O) groups is 1. The quantitative estimate of drug-likeness (QED) is 0.898. The van der Waals surface area contributed by atoms with Crippen LogP contribution < -0.4 is 11.1 Å². The van der Waals surface area contributed by atoms with Crippen LogP contribution in [0.25, 0.3) is 0 Å². The van der Waals surface area contributed by atoms with Crippen molar-refractivity contribution in [2.75, 3.05) is 0 Å². The summed E-state index contributed by atoms with van der Waals surface area (Å²) in [5.41, 5.74) is 7.54. The van der Waals surface area contributed by atoms with Crippen LogP contribution in [0.3, 0.4) is 0 Å². The molecular weight excluding hydrogens is 284 g/mol. The number of nitrogens with two attached hydrogens (primary N) is 1. The molecule has 1 unspecified atom stereocenters. The Kier molecular flexibility index (Phi) is 6.69. The topological polar surface area (TPSA) is 55.1 Å². The van der Waals surface area contributed by atoms with E-state index in [0.29, 0.717) is 17.9 Å². The van der Waals surface area contributed by atoms with E-state index in [0.717, 1.165) is 18.4 Å². The highest BCUT2D eigenvalue weighted by Gasteiger charge is 2.28. The van der Waals surface area contributed by atoms with Crippen molar-refractivity contribution in [3.63, 3.8) is 0 Å². The molecule has 1 fully saturated rings. The van der Waals surface area contributed by atoms with E-state index in [9.17, 15) is 4.79 Å². The van der Waals surface area contributed by atoms with Gasteiger partial charge in [-0.1, -0.05) is 44.2 Å². The van der Waals surface area contributed by atoms with Crippen molar-refractivity contribution in [2.24, 2.45) is 11.1 Å². The molecule has 1 aliphatic carbocycles. The highest BCUT2D eigenvalue weighted by Crippen LogP contribution is 2.34. The number of carbonyl (C=O) groups excluding carboxylic acids is 1. The fraction of sp³-hybridized carbons (Fsp3) is 0.588. The second-order valence-corrected chi connectivity index (χ2v) is 6.74. The third-order valence-corrected chi connectivity index (χ3v) is 4.32. The van der Waals surface area contributed by atoms with Crippen molar-refractivity contribution in [2.45, 2.75) is 58.0 Å². The van der Waals surface area contributed by atoms with E-state index >= 15 is 0 Å². The molecule has 1 amide bonds. The maximum atomic E-state index is 12.1. The van der Waals surface area contributed by atoms with Gasteiger partial charge in [-0.15, -0.1) is 12.4 Å². The first-order valence-electron chi connectivity index (χ1n) is 7.56. The fourth-order valence-corrected chi connectivity index (χ4v) is 2.81. The zero-order chi connectivity index (χ0) is 14.6. The van der Waals surface area contributed by atoms with Gasteiger partial charge in [0.05, 0.1) is 6.04 Å². The van der Waals surface area contributed by atoms with E-state index < -0.39 is 6.04 Å². The smallest absolute Gasteiger partial charge is 0.237 e. The summed E-state index contributed by atoms with van der Waals surface area (Å²) in [6.07, 6.45) is 5.08. The first kappa shape index (κ1) is 18.0. The summed E-state index contributed by atoms with van der Waals surface area (Å²) in [5.74, 6) is -0.0152. The molecule has 118 valence electrons. The number of amides is 1. The van der Waals surface area contributed by atoms with Crippen LogP contribution in [0.15, 0.2) is 30.3 Å². The van der Waals surface area contributed by atoms with Gasteiger partial charge in [-0.05, 0) is 43.1 Å². The molecule has 4 heteroatoms. The fourth-order valence-electron chi connectivity index (χ4n) is 2.81. The Labute approximate surface area is 134 Å². The Morgan fingerprint density at radius 2 is 1.86 bits per heavy atom. The summed E-state index contributed by atoms with van der Waals surface area (Å²) >= 11 is 0. The summed E-state index contributed by atoms with van der Waals surface area (Å²) in [4.78, 5) is 12.1. The zero-order valence-electron chi connectivity index (χ0n) is 13.0. The van der Waals surface area contributed by atoms with Crippen LogP contribution in [-0.2, 0) is 11.2 Å². The SMILES string of the molecule is CC1(C)CCC(NC(=O)C(N)Cc2ccccc2)CC1.Cl. The molecule has 2 rings (SSSR count). The third kappa shape index (κ3) is 5.68. The van der Waals surface area contributed by atoms with Gasteiger partial charge in [-0.25, -0.2) is 0 Å². The maximum absolute atomic E-state index is 12.1. The van der Waals surface area contributed by atoms with Crippen LogP contribution in [0, 0.1) is 5.41 Å². The summed E-state index contributed by atoms with van der Waals surface area (Å²) < 4.78 is 0. The number of nitrogens with one attached hydrogen (secondary N) is 1. The largest absolute Gasteiger partial charge is 0.352 e. The van der Waals surface area contributed by atoms with Crippen LogP contribution in [0.1, 0.15) is 45.1 Å². The van der Waals surface area contributed by atoms with Crippen LogP contribution in [0.4, 0.5) is 0 Å². The van der Waals surface area contributed by atoms with Crippen LogP contribution in [0.5, 0.6) is 0 Å². The lowest BCUT2D eigenvalue weighted by atomic mass is 9.75. The Hall–Kier alpha value is -1.06. The second kappa shape index (κ2) is 7.81. The number of halogens is 1. The summed E-state index contributed by atoms with van der Waals surface area (Å²) in [6, 6.07) is 9.79. The first-order valence-corrected chi connectivity index (χ1v) is 7.56. The molecule has 0 aliphatic heterocycles. The summed E-state index contributed by atoms with van der Waals surface area (Å²) in [6.45, 7) is 4.60. The highest BCUT2D eigenvalue weighted by molar-refractivity contribution is 5.85. The molecule has 0 aromatic heterocycles. The average Bonchev–Trinajstić information content (AvgIpc) is 2.42. The zero-order valence-corrected chi connectivity index (χ0v) is 13.8. The molecule has 0 saturated heterocycles. The molecule has 1 saturated carbocycles. The van der Waals surface area contributed by atoms with Gasteiger partial charge in [0, 0.05) is 6.04 Å². The molecule has 0 radical (unpaired) electrons. The van der Waals surface area contributed by atoms with Gasteiger partial charge in [0.25, 0.3) is 0 Å². The van der Waals surface area contributed by atoms with Crippen molar-refractivity contribution in [1.29, 1.82) is 0 Å². The van der Waals surface area contributed by atoms with E-state index in [1.807, 2.05) is 30.3 Å². The second-order valence-electron chi connectivity index (χ2n) is 6.74. The first-order chi connectivity index (χ1) is 9.46. The van der Waals surface area contributed by atoms with Crippen molar-refractivity contribution in [3.05, 3.63) is 35.9 Å². The lowest BCUT2D eigenvalue weighted by Crippen LogP contribution is -2.47. The lowest BCUT2D eigenvalue weighted by Gasteiger charge is -2.35. The molecule has 0 bridgehead atoms. The Morgan fingerprint density at radius 1 is 1.29 bits per heavy atom. The van der Waals surface area contributed by atoms with Crippen molar-refractivity contribution in [1.82, 2.24) is 5.32 Å². The Morgan fingerprint density at radius 3 is 2.43 bits per heavy atom. The number of benzene rings is 1. The minimum atomic E-state index is -0.452. The van der Waals surface area contributed by atoms with Crippen molar-refractivity contribution >= 4 is 18.3 Å². The summed E-state index contributed by atoms with van der Waals surface area (Å²) in [5, 5.41) is 3.11. The van der Waals surface area contributed by atoms with Gasteiger partial charge < -0.3 is 11.1 Å². The van der Waals surface area contributed by atoms with Gasteiger partial charge in [0.15, 0.2) is 0 Å². The van der Waals surface area contributed by atoms with Gasteiger partial charge in [-0.3, -0.25) is 4.79 Å². The molecule has 21 heavy (non-hydrogen) atoms. The monoisotopic (exact) mass is 310 g/mol. The molecule has 3 nitrogen and oxygen atoms in total. The van der Waals surface area contributed by atoms with Crippen molar-refractivity contribution in [3.8, 4) is 0 Å².